The zero-order chi connectivity index (χ0) is 14.9. The summed E-state index contributed by atoms with van der Waals surface area (Å²) in [7, 11) is 1.47. The van der Waals surface area contributed by atoms with Crippen LogP contribution in [-0.4, -0.2) is 52.9 Å². The molecule has 1 amide bonds. The van der Waals surface area contributed by atoms with Crippen molar-refractivity contribution in [1.82, 2.24) is 4.90 Å². The van der Waals surface area contributed by atoms with Crippen LogP contribution in [0.15, 0.2) is 18.2 Å². The maximum Gasteiger partial charge on any atom is 0.257 e. The molecule has 1 aliphatic heterocycles. The van der Waals surface area contributed by atoms with Gasteiger partial charge in [-0.2, -0.15) is 0 Å². The average Bonchev–Trinajstić information content (AvgIpc) is 2.41. The Hall–Kier alpha value is -1.30. The van der Waals surface area contributed by atoms with E-state index in [4.69, 9.17) is 16.3 Å². The first-order chi connectivity index (χ1) is 9.35. The molecule has 5 nitrogen and oxygen atoms in total. The van der Waals surface area contributed by atoms with Gasteiger partial charge < -0.3 is 19.8 Å². The average molecular weight is 300 g/mol. The number of carbonyl (C=O) groups excluding carboxylic acids is 1. The van der Waals surface area contributed by atoms with Crippen LogP contribution in [0, 0.1) is 0 Å². The van der Waals surface area contributed by atoms with E-state index in [1.807, 2.05) is 0 Å². The molecule has 0 bridgehead atoms. The fraction of sp³-hybridized carbons (Fsp3) is 0.500. The zero-order valence-electron chi connectivity index (χ0n) is 11.5. The number of methoxy groups -OCH3 is 1. The molecule has 2 rings (SSSR count). The Morgan fingerprint density at radius 1 is 1.55 bits per heavy atom. The third-order valence-electron chi connectivity index (χ3n) is 3.68. The number of halogens is 1. The van der Waals surface area contributed by atoms with Gasteiger partial charge in [0.1, 0.15) is 5.75 Å². The van der Waals surface area contributed by atoms with E-state index in [-0.39, 0.29) is 12.5 Å². The molecule has 1 aliphatic rings. The van der Waals surface area contributed by atoms with E-state index in [9.17, 15) is 15.0 Å². The molecule has 20 heavy (non-hydrogen) atoms. The molecule has 0 unspecified atom stereocenters. The van der Waals surface area contributed by atoms with Crippen LogP contribution < -0.4 is 4.74 Å². The highest BCUT2D eigenvalue weighted by molar-refractivity contribution is 6.30. The quantitative estimate of drug-likeness (QED) is 0.864. The predicted molar refractivity (Wildman–Crippen MR) is 75.2 cm³/mol. The minimum Gasteiger partial charge on any atom is -0.496 e. The van der Waals surface area contributed by atoms with E-state index in [0.29, 0.717) is 29.3 Å². The molecular formula is C14H18ClNO4. The molecule has 0 saturated carbocycles. The van der Waals surface area contributed by atoms with Crippen LogP contribution >= 0.6 is 11.6 Å². The molecule has 1 aromatic rings. The summed E-state index contributed by atoms with van der Waals surface area (Å²) >= 11 is 5.87. The Balaban J connectivity index is 2.20. The van der Waals surface area contributed by atoms with Crippen molar-refractivity contribution in [2.75, 3.05) is 20.2 Å². The number of hydrogen-bond donors (Lipinski definition) is 2. The molecule has 0 aromatic heterocycles. The Morgan fingerprint density at radius 3 is 2.85 bits per heavy atom. The number of rotatable bonds is 2. The van der Waals surface area contributed by atoms with E-state index in [1.165, 1.54) is 12.0 Å². The lowest BCUT2D eigenvalue weighted by molar-refractivity contribution is -0.0999. The number of carbonyl (C=O) groups is 1. The van der Waals surface area contributed by atoms with E-state index >= 15 is 0 Å². The number of likely N-dealkylation sites (tertiary alicyclic amines) is 1. The molecule has 2 atom stereocenters. The summed E-state index contributed by atoms with van der Waals surface area (Å²) in [5.41, 5.74) is -0.758. The van der Waals surface area contributed by atoms with Crippen LogP contribution in [0.4, 0.5) is 0 Å². The second-order valence-corrected chi connectivity index (χ2v) is 5.66. The monoisotopic (exact) mass is 299 g/mol. The third-order valence-corrected chi connectivity index (χ3v) is 3.92. The van der Waals surface area contributed by atoms with Crippen molar-refractivity contribution >= 4 is 17.5 Å². The molecule has 1 heterocycles. The van der Waals surface area contributed by atoms with Crippen molar-refractivity contribution in [3.8, 4) is 5.75 Å². The van der Waals surface area contributed by atoms with Crippen LogP contribution in [0.25, 0.3) is 0 Å². The highest BCUT2D eigenvalue weighted by Gasteiger charge is 2.38. The van der Waals surface area contributed by atoms with Crippen molar-refractivity contribution in [3.63, 3.8) is 0 Å². The van der Waals surface area contributed by atoms with Gasteiger partial charge in [-0.1, -0.05) is 11.6 Å². The van der Waals surface area contributed by atoms with Crippen LogP contribution in [0.2, 0.25) is 5.02 Å². The Morgan fingerprint density at radius 2 is 2.25 bits per heavy atom. The smallest absolute Gasteiger partial charge is 0.257 e. The molecule has 0 spiro atoms. The highest BCUT2D eigenvalue weighted by atomic mass is 35.5. The van der Waals surface area contributed by atoms with Crippen molar-refractivity contribution in [1.29, 1.82) is 0 Å². The molecule has 110 valence electrons. The molecule has 6 heteroatoms. The van der Waals surface area contributed by atoms with Gasteiger partial charge in [0.25, 0.3) is 5.91 Å². The first-order valence-electron chi connectivity index (χ1n) is 6.38. The number of ether oxygens (including phenoxy) is 1. The van der Waals surface area contributed by atoms with Gasteiger partial charge in [-0.15, -0.1) is 0 Å². The van der Waals surface area contributed by atoms with Crippen LogP contribution in [0.3, 0.4) is 0 Å². The fourth-order valence-electron chi connectivity index (χ4n) is 2.22. The van der Waals surface area contributed by atoms with Crippen molar-refractivity contribution in [2.24, 2.45) is 0 Å². The van der Waals surface area contributed by atoms with E-state index in [2.05, 4.69) is 0 Å². The van der Waals surface area contributed by atoms with Gasteiger partial charge in [-0.25, -0.2) is 0 Å². The Labute approximate surface area is 122 Å². The minimum atomic E-state index is -1.15. The van der Waals surface area contributed by atoms with Gasteiger partial charge in [0.2, 0.25) is 0 Å². The summed E-state index contributed by atoms with van der Waals surface area (Å²) in [4.78, 5) is 14.0. The standard InChI is InChI=1S/C14H18ClNO4/c1-14(19)5-6-16(8-12(14)17)13(18)10-4-3-9(15)7-11(10)20-2/h3-4,7,12,17,19H,5-6,8H2,1-2H3/t12-,14+/m1/s1. The maximum absolute atomic E-state index is 12.5. The lowest BCUT2D eigenvalue weighted by Gasteiger charge is -2.40. The molecular weight excluding hydrogens is 282 g/mol. The van der Waals surface area contributed by atoms with Gasteiger partial charge in [-0.05, 0) is 31.5 Å². The summed E-state index contributed by atoms with van der Waals surface area (Å²) in [5.74, 6) is 0.155. The summed E-state index contributed by atoms with van der Waals surface area (Å²) in [6.45, 7) is 2.05. The largest absolute Gasteiger partial charge is 0.496 e. The number of aliphatic hydroxyl groups is 2. The van der Waals surface area contributed by atoms with Gasteiger partial charge in [0, 0.05) is 18.1 Å². The number of β-amino-alcohol motifs (C(OH)–C–C–N with tert-alkyl or cyclic N) is 1. The highest BCUT2D eigenvalue weighted by Crippen LogP contribution is 2.27. The summed E-state index contributed by atoms with van der Waals surface area (Å²) in [6, 6.07) is 4.79. The normalized spacial score (nSPS) is 26.4. The number of piperidine rings is 1. The van der Waals surface area contributed by atoms with Crippen molar-refractivity contribution < 1.29 is 19.7 Å². The van der Waals surface area contributed by atoms with Crippen LogP contribution in [-0.2, 0) is 0 Å². The van der Waals surface area contributed by atoms with Crippen LogP contribution in [0.1, 0.15) is 23.7 Å². The van der Waals surface area contributed by atoms with E-state index in [0.717, 1.165) is 0 Å². The number of nitrogens with zero attached hydrogens (tertiary/aromatic N) is 1. The summed E-state index contributed by atoms with van der Waals surface area (Å²) < 4.78 is 5.16. The molecule has 1 fully saturated rings. The summed E-state index contributed by atoms with van der Waals surface area (Å²) in [5, 5.41) is 20.3. The van der Waals surface area contributed by atoms with Crippen LogP contribution in [0.5, 0.6) is 5.75 Å². The fourth-order valence-corrected chi connectivity index (χ4v) is 2.38. The molecule has 1 saturated heterocycles. The molecule has 2 N–H and O–H groups in total. The topological polar surface area (TPSA) is 70.0 Å². The SMILES string of the molecule is COc1cc(Cl)ccc1C(=O)N1CC[C@](C)(O)[C@H](O)C1. The van der Waals surface area contributed by atoms with E-state index < -0.39 is 11.7 Å². The minimum absolute atomic E-state index is 0.0949. The molecule has 1 aromatic carbocycles. The second kappa shape index (κ2) is 5.60. The number of benzene rings is 1. The zero-order valence-corrected chi connectivity index (χ0v) is 12.2. The maximum atomic E-state index is 12.5. The number of aliphatic hydroxyl groups excluding tert-OH is 1. The number of hydrogen-bond acceptors (Lipinski definition) is 4. The first-order valence-corrected chi connectivity index (χ1v) is 6.76. The van der Waals surface area contributed by atoms with E-state index in [1.54, 1.807) is 25.1 Å². The lowest BCUT2D eigenvalue weighted by Crippen LogP contribution is -2.55. The summed E-state index contributed by atoms with van der Waals surface area (Å²) in [6.07, 6.45) is -0.631. The van der Waals surface area contributed by atoms with Crippen molar-refractivity contribution in [3.05, 3.63) is 28.8 Å². The predicted octanol–water partition coefficient (Wildman–Crippen LogP) is 1.31. The number of amides is 1. The second-order valence-electron chi connectivity index (χ2n) is 5.22. The van der Waals surface area contributed by atoms with Gasteiger partial charge in [0.05, 0.1) is 24.4 Å². The first kappa shape index (κ1) is 15.1. The molecule has 0 radical (unpaired) electrons. The third kappa shape index (κ3) is 2.90. The van der Waals surface area contributed by atoms with Gasteiger partial charge in [-0.3, -0.25) is 4.79 Å². The Kier molecular flexibility index (Phi) is 4.22. The lowest BCUT2D eigenvalue weighted by atomic mass is 9.90. The van der Waals surface area contributed by atoms with Gasteiger partial charge in [0.15, 0.2) is 0 Å². The molecule has 0 aliphatic carbocycles. The van der Waals surface area contributed by atoms with Gasteiger partial charge >= 0.3 is 0 Å². The van der Waals surface area contributed by atoms with Crippen molar-refractivity contribution in [2.45, 2.75) is 25.0 Å². The Bertz CT molecular complexity index is 518.